The van der Waals surface area contributed by atoms with Crippen LogP contribution in [0.4, 0.5) is 0 Å². The van der Waals surface area contributed by atoms with Crippen LogP contribution in [0.3, 0.4) is 0 Å². The molecule has 0 saturated heterocycles. The van der Waals surface area contributed by atoms with Gasteiger partial charge < -0.3 is 15.0 Å². The molecule has 1 aliphatic rings. The number of carboxylic acid groups (broad SMARTS) is 1. The van der Waals surface area contributed by atoms with Crippen molar-refractivity contribution in [1.29, 1.82) is 0 Å². The number of hydrogen-bond acceptors (Lipinski definition) is 2. The lowest BCUT2D eigenvalue weighted by molar-refractivity contribution is 0.0696. The highest BCUT2D eigenvalue weighted by atomic mass is 16.4. The quantitative estimate of drug-likeness (QED) is 0.798. The number of likely N-dealkylation sites (N-methyl/N-ethyl adjacent to an activating group) is 1. The number of carboxylic acids is 1. The lowest BCUT2D eigenvalue weighted by Gasteiger charge is -2.22. The summed E-state index contributed by atoms with van der Waals surface area (Å²) in [5.41, 5.74) is 2.51. The molecule has 0 radical (unpaired) electrons. The van der Waals surface area contributed by atoms with E-state index in [1.807, 2.05) is 0 Å². The first-order valence-electron chi connectivity index (χ1n) is 5.71. The fourth-order valence-electron chi connectivity index (χ4n) is 2.40. The van der Waals surface area contributed by atoms with Crippen molar-refractivity contribution in [3.05, 3.63) is 35.0 Å². The third-order valence-corrected chi connectivity index (χ3v) is 3.41. The highest BCUT2D eigenvalue weighted by Gasteiger charge is 2.25. The number of nitrogens with zero attached hydrogens (tertiary/aromatic N) is 1. The van der Waals surface area contributed by atoms with Crippen molar-refractivity contribution in [1.82, 2.24) is 9.88 Å². The van der Waals surface area contributed by atoms with Gasteiger partial charge in [0.05, 0.1) is 5.56 Å². The summed E-state index contributed by atoms with van der Waals surface area (Å²) in [7, 11) is 1.76. The minimum absolute atomic E-state index is 0.0377. The molecule has 0 unspecified atom stereocenters. The zero-order valence-electron chi connectivity index (χ0n) is 9.86. The number of aromatic amines is 1. The monoisotopic (exact) mass is 244 g/mol. The van der Waals surface area contributed by atoms with Crippen LogP contribution in [-0.2, 0) is 6.42 Å². The van der Waals surface area contributed by atoms with Crippen molar-refractivity contribution in [2.45, 2.75) is 6.42 Å². The number of hydrogen-bond donors (Lipinski definition) is 2. The maximum atomic E-state index is 12.0. The number of carbonyl (C=O) groups is 2. The Morgan fingerprint density at radius 3 is 2.94 bits per heavy atom. The Balaban J connectivity index is 2.23. The summed E-state index contributed by atoms with van der Waals surface area (Å²) in [5, 5.41) is 9.89. The molecule has 0 saturated carbocycles. The number of rotatable bonds is 1. The fraction of sp³-hybridized carbons (Fsp3) is 0.231. The van der Waals surface area contributed by atoms with Crippen molar-refractivity contribution < 1.29 is 14.7 Å². The molecular weight excluding hydrogens is 232 g/mol. The Kier molecular flexibility index (Phi) is 2.16. The Morgan fingerprint density at radius 1 is 1.44 bits per heavy atom. The maximum Gasteiger partial charge on any atom is 0.335 e. The third kappa shape index (κ3) is 1.40. The first-order chi connectivity index (χ1) is 8.58. The molecule has 2 aromatic rings. The SMILES string of the molecule is CN1CCc2c([nH]c3cc(C(=O)O)ccc23)C1=O. The third-order valence-electron chi connectivity index (χ3n) is 3.41. The minimum Gasteiger partial charge on any atom is -0.478 e. The molecule has 5 heteroatoms. The summed E-state index contributed by atoms with van der Waals surface area (Å²) in [5.74, 6) is -1.00. The first kappa shape index (κ1) is 10.8. The molecular formula is C13H12N2O3. The van der Waals surface area contributed by atoms with Gasteiger partial charge >= 0.3 is 5.97 Å². The van der Waals surface area contributed by atoms with Crippen molar-refractivity contribution >= 4 is 22.8 Å². The van der Waals surface area contributed by atoms with Crippen LogP contribution in [0.2, 0.25) is 0 Å². The van der Waals surface area contributed by atoms with Gasteiger partial charge in [0.15, 0.2) is 0 Å². The maximum absolute atomic E-state index is 12.0. The van der Waals surface area contributed by atoms with Crippen LogP contribution in [-0.4, -0.2) is 40.5 Å². The number of aromatic nitrogens is 1. The number of nitrogens with one attached hydrogen (secondary N) is 1. The first-order valence-corrected chi connectivity index (χ1v) is 5.71. The van der Waals surface area contributed by atoms with Crippen LogP contribution in [0.5, 0.6) is 0 Å². The summed E-state index contributed by atoms with van der Waals surface area (Å²) in [6, 6.07) is 4.91. The van der Waals surface area contributed by atoms with Gasteiger partial charge in [-0.15, -0.1) is 0 Å². The van der Waals surface area contributed by atoms with E-state index in [4.69, 9.17) is 5.11 Å². The standard InChI is InChI=1S/C13H12N2O3/c1-15-5-4-9-8-3-2-7(13(17)18)6-10(8)14-11(9)12(15)16/h2-3,6,14H,4-5H2,1H3,(H,17,18). The van der Waals surface area contributed by atoms with Gasteiger partial charge in [0, 0.05) is 24.5 Å². The predicted molar refractivity (Wildman–Crippen MR) is 65.9 cm³/mol. The molecule has 0 fully saturated rings. The van der Waals surface area contributed by atoms with E-state index in [2.05, 4.69) is 4.98 Å². The molecule has 1 aromatic heterocycles. The normalized spacial score (nSPS) is 14.9. The molecule has 2 N–H and O–H groups in total. The number of H-pyrrole nitrogens is 1. The summed E-state index contributed by atoms with van der Waals surface area (Å²) in [6.07, 6.45) is 0.796. The number of fused-ring (bicyclic) bond motifs is 3. The van der Waals surface area contributed by atoms with Crippen LogP contribution in [0, 0.1) is 0 Å². The van der Waals surface area contributed by atoms with E-state index in [0.717, 1.165) is 17.4 Å². The fourth-order valence-corrected chi connectivity index (χ4v) is 2.40. The van der Waals surface area contributed by atoms with Crippen molar-refractivity contribution in [2.24, 2.45) is 0 Å². The average molecular weight is 244 g/mol. The van der Waals surface area contributed by atoms with Crippen LogP contribution >= 0.6 is 0 Å². The molecule has 0 aliphatic carbocycles. The van der Waals surface area contributed by atoms with Crippen LogP contribution in [0.15, 0.2) is 18.2 Å². The van der Waals surface area contributed by atoms with E-state index in [1.54, 1.807) is 30.1 Å². The van der Waals surface area contributed by atoms with Gasteiger partial charge in [-0.1, -0.05) is 6.07 Å². The molecule has 0 spiro atoms. The molecule has 2 heterocycles. The Hall–Kier alpha value is -2.30. The lowest BCUT2D eigenvalue weighted by Crippen LogP contribution is -2.33. The van der Waals surface area contributed by atoms with Crippen LogP contribution in [0.25, 0.3) is 10.9 Å². The number of aromatic carboxylic acids is 1. The molecule has 1 amide bonds. The van der Waals surface area contributed by atoms with E-state index >= 15 is 0 Å². The van der Waals surface area contributed by atoms with Crippen LogP contribution < -0.4 is 0 Å². The molecule has 0 bridgehead atoms. The second-order valence-corrected chi connectivity index (χ2v) is 4.52. The molecule has 92 valence electrons. The van der Waals surface area contributed by atoms with E-state index in [0.29, 0.717) is 17.8 Å². The van der Waals surface area contributed by atoms with Gasteiger partial charge in [0.2, 0.25) is 0 Å². The van der Waals surface area contributed by atoms with E-state index < -0.39 is 5.97 Å². The average Bonchev–Trinajstić information content (AvgIpc) is 2.72. The zero-order valence-corrected chi connectivity index (χ0v) is 9.86. The van der Waals surface area contributed by atoms with E-state index in [9.17, 15) is 9.59 Å². The lowest BCUT2D eigenvalue weighted by atomic mass is 10.0. The van der Waals surface area contributed by atoms with Gasteiger partial charge in [-0.3, -0.25) is 4.79 Å². The number of amides is 1. The van der Waals surface area contributed by atoms with Gasteiger partial charge in [0.25, 0.3) is 5.91 Å². The molecule has 0 atom stereocenters. The van der Waals surface area contributed by atoms with Crippen molar-refractivity contribution in [2.75, 3.05) is 13.6 Å². The van der Waals surface area contributed by atoms with Gasteiger partial charge in [0.1, 0.15) is 5.69 Å². The van der Waals surface area contributed by atoms with E-state index in [-0.39, 0.29) is 11.5 Å². The molecule has 1 aromatic carbocycles. The zero-order chi connectivity index (χ0) is 12.9. The van der Waals surface area contributed by atoms with Gasteiger partial charge in [-0.25, -0.2) is 4.79 Å². The Morgan fingerprint density at radius 2 is 2.22 bits per heavy atom. The Bertz CT molecular complexity index is 672. The molecule has 18 heavy (non-hydrogen) atoms. The Labute approximate surface area is 103 Å². The molecule has 1 aliphatic heterocycles. The largest absolute Gasteiger partial charge is 0.478 e. The van der Waals surface area contributed by atoms with Crippen molar-refractivity contribution in [3.8, 4) is 0 Å². The highest BCUT2D eigenvalue weighted by Crippen LogP contribution is 2.27. The predicted octanol–water partition coefficient (Wildman–Crippen LogP) is 1.49. The molecule has 3 rings (SSSR count). The van der Waals surface area contributed by atoms with Crippen molar-refractivity contribution in [3.63, 3.8) is 0 Å². The number of benzene rings is 1. The molecule has 5 nitrogen and oxygen atoms in total. The smallest absolute Gasteiger partial charge is 0.335 e. The highest BCUT2D eigenvalue weighted by molar-refractivity contribution is 6.03. The summed E-state index contributed by atoms with van der Waals surface area (Å²) in [6.45, 7) is 0.694. The second kappa shape index (κ2) is 3.60. The topological polar surface area (TPSA) is 73.4 Å². The van der Waals surface area contributed by atoms with Gasteiger partial charge in [-0.2, -0.15) is 0 Å². The summed E-state index contributed by atoms with van der Waals surface area (Å²) >= 11 is 0. The van der Waals surface area contributed by atoms with Gasteiger partial charge in [-0.05, 0) is 24.1 Å². The minimum atomic E-state index is -0.965. The summed E-state index contributed by atoms with van der Waals surface area (Å²) < 4.78 is 0. The van der Waals surface area contributed by atoms with Crippen LogP contribution in [0.1, 0.15) is 26.4 Å². The van der Waals surface area contributed by atoms with E-state index in [1.165, 1.54) is 0 Å². The second-order valence-electron chi connectivity index (χ2n) is 4.52. The number of carbonyl (C=O) groups excluding carboxylic acids is 1. The summed E-state index contributed by atoms with van der Waals surface area (Å²) in [4.78, 5) is 27.6.